The van der Waals surface area contributed by atoms with Gasteiger partial charge < -0.3 is 24.0 Å². The van der Waals surface area contributed by atoms with Gasteiger partial charge in [-0.2, -0.15) is 15.0 Å². The van der Waals surface area contributed by atoms with E-state index >= 15 is 0 Å². The van der Waals surface area contributed by atoms with E-state index in [9.17, 15) is 4.79 Å². The topological polar surface area (TPSA) is 82.0 Å². The number of carbonyl (C=O) groups is 1. The van der Waals surface area contributed by atoms with E-state index in [1.807, 2.05) is 24.3 Å². The summed E-state index contributed by atoms with van der Waals surface area (Å²) in [7, 11) is 6.77. The van der Waals surface area contributed by atoms with Crippen LogP contribution in [-0.4, -0.2) is 78.2 Å². The van der Waals surface area contributed by atoms with E-state index in [0.29, 0.717) is 35.4 Å². The van der Waals surface area contributed by atoms with Crippen LogP contribution in [0.3, 0.4) is 0 Å². The van der Waals surface area contributed by atoms with Crippen LogP contribution in [0, 0.1) is 0 Å². The highest BCUT2D eigenvalue weighted by Crippen LogP contribution is 2.38. The van der Waals surface area contributed by atoms with Crippen molar-refractivity contribution in [3.63, 3.8) is 0 Å². The van der Waals surface area contributed by atoms with E-state index in [4.69, 9.17) is 14.2 Å². The van der Waals surface area contributed by atoms with Crippen molar-refractivity contribution in [2.45, 2.75) is 32.0 Å². The SMILES string of the molecule is COc1cc(C(=O)N(CCC2CCCN2C)Cn2nc3ccccc3n2)cc(OC)c1OC. The van der Waals surface area contributed by atoms with Crippen LogP contribution in [0.5, 0.6) is 17.2 Å². The van der Waals surface area contributed by atoms with Gasteiger partial charge in [0.2, 0.25) is 5.75 Å². The number of nitrogens with zero attached hydrogens (tertiary/aromatic N) is 5. The molecule has 0 saturated carbocycles. The summed E-state index contributed by atoms with van der Waals surface area (Å²) < 4.78 is 16.3. The molecule has 1 aliphatic heterocycles. The van der Waals surface area contributed by atoms with Crippen molar-refractivity contribution in [3.8, 4) is 17.2 Å². The molecule has 176 valence electrons. The normalized spacial score (nSPS) is 16.2. The minimum Gasteiger partial charge on any atom is -0.493 e. The number of aromatic nitrogens is 3. The lowest BCUT2D eigenvalue weighted by Crippen LogP contribution is -2.37. The van der Waals surface area contributed by atoms with Crippen molar-refractivity contribution >= 4 is 16.9 Å². The quantitative estimate of drug-likeness (QED) is 0.493. The van der Waals surface area contributed by atoms with Gasteiger partial charge in [0.15, 0.2) is 11.5 Å². The summed E-state index contributed by atoms with van der Waals surface area (Å²) in [5, 5.41) is 9.10. The van der Waals surface area contributed by atoms with Gasteiger partial charge in [-0.25, -0.2) is 0 Å². The Balaban J connectivity index is 1.63. The number of amides is 1. The number of hydrogen-bond donors (Lipinski definition) is 0. The maximum absolute atomic E-state index is 13.7. The first-order valence-electron chi connectivity index (χ1n) is 11.1. The maximum atomic E-state index is 13.7. The second-order valence-corrected chi connectivity index (χ2v) is 8.25. The van der Waals surface area contributed by atoms with Gasteiger partial charge in [0.1, 0.15) is 17.7 Å². The molecule has 3 aromatic rings. The molecule has 1 fully saturated rings. The fourth-order valence-electron chi connectivity index (χ4n) is 4.39. The number of hydrogen-bond acceptors (Lipinski definition) is 7. The van der Waals surface area contributed by atoms with Gasteiger partial charge in [-0.3, -0.25) is 4.79 Å². The summed E-state index contributed by atoms with van der Waals surface area (Å²) in [4.78, 5) is 19.4. The number of benzene rings is 2. The molecule has 9 heteroatoms. The third-order valence-electron chi connectivity index (χ3n) is 6.23. The van der Waals surface area contributed by atoms with Crippen LogP contribution in [0.15, 0.2) is 36.4 Å². The number of likely N-dealkylation sites (tertiary alicyclic amines) is 1. The highest BCUT2D eigenvalue weighted by Gasteiger charge is 2.26. The van der Waals surface area contributed by atoms with E-state index in [0.717, 1.165) is 30.4 Å². The monoisotopic (exact) mass is 453 g/mol. The predicted octanol–water partition coefficient (Wildman–Crippen LogP) is 3.04. The molecule has 0 N–H and O–H groups in total. The Morgan fingerprint density at radius 3 is 2.21 bits per heavy atom. The molecule has 33 heavy (non-hydrogen) atoms. The molecule has 2 aromatic carbocycles. The van der Waals surface area contributed by atoms with Crippen LogP contribution in [0.4, 0.5) is 0 Å². The molecule has 1 amide bonds. The highest BCUT2D eigenvalue weighted by atomic mass is 16.5. The maximum Gasteiger partial charge on any atom is 0.255 e. The van der Waals surface area contributed by atoms with Crippen molar-refractivity contribution in [1.29, 1.82) is 0 Å². The van der Waals surface area contributed by atoms with Gasteiger partial charge in [0.05, 0.1) is 21.3 Å². The van der Waals surface area contributed by atoms with Gasteiger partial charge in [0.25, 0.3) is 5.91 Å². The molecule has 0 radical (unpaired) electrons. The fraction of sp³-hybridized carbons (Fsp3) is 0.458. The van der Waals surface area contributed by atoms with Crippen LogP contribution in [-0.2, 0) is 6.67 Å². The lowest BCUT2D eigenvalue weighted by molar-refractivity contribution is 0.0664. The molecule has 0 bridgehead atoms. The summed E-state index contributed by atoms with van der Waals surface area (Å²) in [6.45, 7) is 1.93. The van der Waals surface area contributed by atoms with Crippen LogP contribution < -0.4 is 14.2 Å². The standard InChI is InChI=1S/C24H31N5O4/c1-27-12-7-8-18(27)11-13-28(16-29-25-19-9-5-6-10-20(19)26-29)24(30)17-14-21(31-2)23(33-4)22(15-17)32-3/h5-6,9-10,14-15,18H,7-8,11-13,16H2,1-4H3. The Hall–Kier alpha value is -3.33. The van der Waals surface area contributed by atoms with Gasteiger partial charge >= 0.3 is 0 Å². The number of ether oxygens (including phenoxy) is 3. The number of methoxy groups -OCH3 is 3. The first-order valence-corrected chi connectivity index (χ1v) is 11.1. The lowest BCUT2D eigenvalue weighted by atomic mass is 10.1. The second-order valence-electron chi connectivity index (χ2n) is 8.25. The molecule has 1 saturated heterocycles. The van der Waals surface area contributed by atoms with E-state index < -0.39 is 0 Å². The molecule has 1 atom stereocenters. The van der Waals surface area contributed by atoms with E-state index in [-0.39, 0.29) is 12.6 Å². The average Bonchev–Trinajstić information content (AvgIpc) is 3.45. The Morgan fingerprint density at radius 2 is 1.70 bits per heavy atom. The van der Waals surface area contributed by atoms with E-state index in [1.165, 1.54) is 6.42 Å². The molecule has 4 rings (SSSR count). The minimum atomic E-state index is -0.142. The Kier molecular flexibility index (Phi) is 6.98. The summed E-state index contributed by atoms with van der Waals surface area (Å²) in [5.74, 6) is 1.20. The third-order valence-corrected chi connectivity index (χ3v) is 6.23. The van der Waals surface area contributed by atoms with E-state index in [1.54, 1.807) is 43.2 Å². The predicted molar refractivity (Wildman–Crippen MR) is 125 cm³/mol. The second kappa shape index (κ2) is 10.1. The van der Waals surface area contributed by atoms with Crippen molar-refractivity contribution in [2.24, 2.45) is 0 Å². The zero-order valence-corrected chi connectivity index (χ0v) is 19.7. The molecule has 0 spiro atoms. The zero-order valence-electron chi connectivity index (χ0n) is 19.7. The van der Waals surface area contributed by atoms with Gasteiger partial charge in [-0.15, -0.1) is 0 Å². The van der Waals surface area contributed by atoms with E-state index in [2.05, 4.69) is 22.1 Å². The summed E-state index contributed by atoms with van der Waals surface area (Å²) in [5.41, 5.74) is 2.06. The molecule has 9 nitrogen and oxygen atoms in total. The lowest BCUT2D eigenvalue weighted by Gasteiger charge is -2.26. The summed E-state index contributed by atoms with van der Waals surface area (Å²) in [6, 6.07) is 11.5. The smallest absolute Gasteiger partial charge is 0.255 e. The Morgan fingerprint density at radius 1 is 1.06 bits per heavy atom. The van der Waals surface area contributed by atoms with Gasteiger partial charge in [-0.05, 0) is 57.1 Å². The molecule has 1 aromatic heterocycles. The van der Waals surface area contributed by atoms with Crippen LogP contribution in [0.1, 0.15) is 29.6 Å². The molecular formula is C24H31N5O4. The molecule has 0 aliphatic carbocycles. The minimum absolute atomic E-state index is 0.142. The molecule has 1 unspecified atom stereocenters. The average molecular weight is 454 g/mol. The summed E-state index contributed by atoms with van der Waals surface area (Å²) >= 11 is 0. The largest absolute Gasteiger partial charge is 0.493 e. The Labute approximate surface area is 193 Å². The van der Waals surface area contributed by atoms with Gasteiger partial charge in [-0.1, -0.05) is 12.1 Å². The van der Waals surface area contributed by atoms with Crippen molar-refractivity contribution in [3.05, 3.63) is 42.0 Å². The third kappa shape index (κ3) is 4.88. The number of rotatable bonds is 9. The van der Waals surface area contributed by atoms with Crippen molar-refractivity contribution in [2.75, 3.05) is 41.5 Å². The van der Waals surface area contributed by atoms with Crippen molar-refractivity contribution in [1.82, 2.24) is 24.8 Å². The highest BCUT2D eigenvalue weighted by molar-refractivity contribution is 5.95. The first-order chi connectivity index (χ1) is 16.0. The first kappa shape index (κ1) is 22.8. The number of fused-ring (bicyclic) bond motifs is 1. The molecule has 1 aliphatic rings. The van der Waals surface area contributed by atoms with Crippen molar-refractivity contribution < 1.29 is 19.0 Å². The number of carbonyl (C=O) groups excluding carboxylic acids is 1. The Bertz CT molecular complexity index is 1060. The molecule has 2 heterocycles. The summed E-state index contributed by atoms with van der Waals surface area (Å²) in [6.07, 6.45) is 3.22. The zero-order chi connectivity index (χ0) is 23.4. The van der Waals surface area contributed by atoms with Crippen LogP contribution in [0.2, 0.25) is 0 Å². The van der Waals surface area contributed by atoms with Crippen LogP contribution in [0.25, 0.3) is 11.0 Å². The fourth-order valence-corrected chi connectivity index (χ4v) is 4.39. The van der Waals surface area contributed by atoms with Gasteiger partial charge in [0, 0.05) is 18.2 Å². The van der Waals surface area contributed by atoms with Crippen LogP contribution >= 0.6 is 0 Å². The molecular weight excluding hydrogens is 422 g/mol.